The van der Waals surface area contributed by atoms with Crippen LogP contribution >= 0.6 is 39.9 Å². The van der Waals surface area contributed by atoms with E-state index in [9.17, 15) is 4.79 Å². The van der Waals surface area contributed by atoms with Crippen LogP contribution in [0.4, 0.5) is 0 Å². The second kappa shape index (κ2) is 6.54. The Hall–Kier alpha value is -0.850. The van der Waals surface area contributed by atoms with Crippen LogP contribution in [0.25, 0.3) is 6.08 Å². The number of carbonyl (C=O) groups excluding carboxylic acids is 1. The summed E-state index contributed by atoms with van der Waals surface area (Å²) in [6, 6.07) is 5.73. The van der Waals surface area contributed by atoms with E-state index in [1.165, 1.54) is 11.8 Å². The van der Waals surface area contributed by atoms with E-state index in [1.54, 1.807) is 6.08 Å². The number of benzene rings is 1. The monoisotopic (exact) mass is 357 g/mol. The van der Waals surface area contributed by atoms with Gasteiger partial charge in [-0.05, 0) is 30.7 Å². The number of halogens is 1. The first kappa shape index (κ1) is 14.6. The van der Waals surface area contributed by atoms with Crippen LogP contribution in [0.15, 0.2) is 27.6 Å². The van der Waals surface area contributed by atoms with Crippen molar-refractivity contribution >= 4 is 56.2 Å². The molecule has 0 atom stereocenters. The number of ether oxygens (including phenoxy) is 1. The second-order valence-corrected chi connectivity index (χ2v) is 6.52. The normalized spacial score (nSPS) is 16.8. The number of thioether (sulfide) groups is 1. The summed E-state index contributed by atoms with van der Waals surface area (Å²) >= 11 is 9.66. The number of thiocarbonyl (C=S) groups is 1. The molecule has 1 amide bonds. The minimum atomic E-state index is -0.156. The molecule has 1 N–H and O–H groups in total. The van der Waals surface area contributed by atoms with Crippen LogP contribution in [0.2, 0.25) is 0 Å². The van der Waals surface area contributed by atoms with Crippen molar-refractivity contribution in [2.45, 2.75) is 13.3 Å². The molecule has 1 saturated heterocycles. The maximum Gasteiger partial charge on any atom is 0.263 e. The smallest absolute Gasteiger partial charge is 0.263 e. The highest BCUT2D eigenvalue weighted by Gasteiger charge is 2.22. The summed E-state index contributed by atoms with van der Waals surface area (Å²) in [5.41, 5.74) is 0.866. The van der Waals surface area contributed by atoms with Crippen molar-refractivity contribution in [3.63, 3.8) is 0 Å². The molecule has 0 bridgehead atoms. The van der Waals surface area contributed by atoms with Gasteiger partial charge in [-0.15, -0.1) is 0 Å². The van der Waals surface area contributed by atoms with Gasteiger partial charge in [-0.3, -0.25) is 4.79 Å². The summed E-state index contributed by atoms with van der Waals surface area (Å²) < 4.78 is 7.10. The van der Waals surface area contributed by atoms with Crippen molar-refractivity contribution < 1.29 is 9.53 Å². The lowest BCUT2D eigenvalue weighted by molar-refractivity contribution is -0.115. The summed E-state index contributed by atoms with van der Waals surface area (Å²) in [5, 5.41) is 2.60. The van der Waals surface area contributed by atoms with Gasteiger partial charge in [0, 0.05) is 10.0 Å². The average molecular weight is 358 g/mol. The molecule has 0 aromatic heterocycles. The lowest BCUT2D eigenvalue weighted by Crippen LogP contribution is -2.17. The molecular formula is C13H12BrNO2S2. The largest absolute Gasteiger partial charge is 0.493 e. The Kier molecular flexibility index (Phi) is 5.01. The van der Waals surface area contributed by atoms with E-state index in [-0.39, 0.29) is 5.91 Å². The quantitative estimate of drug-likeness (QED) is 0.658. The Balaban J connectivity index is 2.32. The van der Waals surface area contributed by atoms with Crippen molar-refractivity contribution in [2.75, 3.05) is 6.61 Å². The number of hydrogen-bond acceptors (Lipinski definition) is 4. The lowest BCUT2D eigenvalue weighted by atomic mass is 10.2. The van der Waals surface area contributed by atoms with Gasteiger partial charge in [-0.1, -0.05) is 46.8 Å². The molecule has 0 unspecified atom stereocenters. The fraction of sp³-hybridized carbons (Fsp3) is 0.231. The molecule has 6 heteroatoms. The van der Waals surface area contributed by atoms with Crippen LogP contribution in [-0.2, 0) is 4.79 Å². The van der Waals surface area contributed by atoms with E-state index in [0.717, 1.165) is 22.2 Å². The van der Waals surface area contributed by atoms with Gasteiger partial charge in [-0.2, -0.15) is 0 Å². The molecule has 100 valence electrons. The highest BCUT2D eigenvalue weighted by Crippen LogP contribution is 2.31. The van der Waals surface area contributed by atoms with Crippen molar-refractivity contribution in [2.24, 2.45) is 0 Å². The molecule has 1 heterocycles. The van der Waals surface area contributed by atoms with Crippen molar-refractivity contribution in [1.82, 2.24) is 5.32 Å². The summed E-state index contributed by atoms with van der Waals surface area (Å²) in [7, 11) is 0. The SMILES string of the molecule is CCCOc1ccc(Br)cc1/C=C1/SC(=S)NC1=O. The highest BCUT2D eigenvalue weighted by molar-refractivity contribution is 9.10. The second-order valence-electron chi connectivity index (χ2n) is 3.88. The van der Waals surface area contributed by atoms with E-state index in [2.05, 4.69) is 28.2 Å². The molecule has 3 nitrogen and oxygen atoms in total. The topological polar surface area (TPSA) is 38.3 Å². The minimum absolute atomic E-state index is 0.156. The van der Waals surface area contributed by atoms with Gasteiger partial charge in [0.05, 0.1) is 11.5 Å². The first-order chi connectivity index (χ1) is 9.10. The van der Waals surface area contributed by atoms with Gasteiger partial charge in [0.1, 0.15) is 10.1 Å². The fourth-order valence-electron chi connectivity index (χ4n) is 1.54. The van der Waals surface area contributed by atoms with Crippen LogP contribution in [0.5, 0.6) is 5.75 Å². The maximum atomic E-state index is 11.7. The zero-order chi connectivity index (χ0) is 13.8. The van der Waals surface area contributed by atoms with Crippen LogP contribution in [-0.4, -0.2) is 16.8 Å². The molecule has 1 aliphatic heterocycles. The third-order valence-corrected chi connectivity index (χ3v) is 4.02. The predicted octanol–water partition coefficient (Wildman–Crippen LogP) is 3.73. The highest BCUT2D eigenvalue weighted by atomic mass is 79.9. The fourth-order valence-corrected chi connectivity index (χ4v) is 2.95. The average Bonchev–Trinajstić information content (AvgIpc) is 2.67. The Morgan fingerprint density at radius 3 is 2.95 bits per heavy atom. The van der Waals surface area contributed by atoms with Gasteiger partial charge >= 0.3 is 0 Å². The third kappa shape index (κ3) is 3.81. The molecule has 0 saturated carbocycles. The third-order valence-electron chi connectivity index (χ3n) is 2.36. The summed E-state index contributed by atoms with van der Waals surface area (Å²) in [5.74, 6) is 0.611. The molecule has 1 aliphatic rings. The van der Waals surface area contributed by atoms with E-state index >= 15 is 0 Å². The van der Waals surface area contributed by atoms with E-state index in [4.69, 9.17) is 17.0 Å². The molecule has 0 radical (unpaired) electrons. The van der Waals surface area contributed by atoms with Crippen LogP contribution in [0.3, 0.4) is 0 Å². The minimum Gasteiger partial charge on any atom is -0.493 e. The Morgan fingerprint density at radius 1 is 1.53 bits per heavy atom. The number of rotatable bonds is 4. The zero-order valence-corrected chi connectivity index (χ0v) is 13.5. The van der Waals surface area contributed by atoms with Gasteiger partial charge in [-0.25, -0.2) is 0 Å². The van der Waals surface area contributed by atoms with E-state index in [1.807, 2.05) is 18.2 Å². The van der Waals surface area contributed by atoms with Crippen molar-refractivity contribution in [1.29, 1.82) is 0 Å². The molecule has 1 aromatic rings. The van der Waals surface area contributed by atoms with E-state index in [0.29, 0.717) is 15.8 Å². The zero-order valence-electron chi connectivity index (χ0n) is 10.2. The Morgan fingerprint density at radius 2 is 2.32 bits per heavy atom. The number of hydrogen-bond donors (Lipinski definition) is 1. The Labute approximate surface area is 129 Å². The van der Waals surface area contributed by atoms with Gasteiger partial charge in [0.2, 0.25) is 0 Å². The molecule has 0 aliphatic carbocycles. The van der Waals surface area contributed by atoms with Crippen LogP contribution in [0.1, 0.15) is 18.9 Å². The van der Waals surface area contributed by atoms with E-state index < -0.39 is 0 Å². The standard InChI is InChI=1S/C13H12BrNO2S2/c1-2-5-17-10-4-3-9(14)6-8(10)7-11-12(16)15-13(18)19-11/h3-4,6-7H,2,5H2,1H3,(H,15,16,18)/b11-7+. The summed E-state index contributed by atoms with van der Waals surface area (Å²) in [6.07, 6.45) is 2.74. The predicted molar refractivity (Wildman–Crippen MR) is 86.2 cm³/mol. The van der Waals surface area contributed by atoms with Gasteiger partial charge in [0.25, 0.3) is 5.91 Å². The molecule has 0 spiro atoms. The first-order valence-corrected chi connectivity index (χ1v) is 7.79. The summed E-state index contributed by atoms with van der Waals surface area (Å²) in [6.45, 7) is 2.70. The van der Waals surface area contributed by atoms with Crippen LogP contribution in [0, 0.1) is 0 Å². The number of nitrogens with one attached hydrogen (secondary N) is 1. The molecule has 19 heavy (non-hydrogen) atoms. The van der Waals surface area contributed by atoms with Crippen molar-refractivity contribution in [3.8, 4) is 5.75 Å². The number of carbonyl (C=O) groups is 1. The molecule has 1 aromatic carbocycles. The van der Waals surface area contributed by atoms with Gasteiger partial charge < -0.3 is 10.1 Å². The molecule has 2 rings (SSSR count). The Bertz CT molecular complexity index is 558. The maximum absolute atomic E-state index is 11.7. The van der Waals surface area contributed by atoms with Gasteiger partial charge in [0.15, 0.2) is 0 Å². The van der Waals surface area contributed by atoms with Crippen LogP contribution < -0.4 is 10.1 Å². The van der Waals surface area contributed by atoms with Crippen molar-refractivity contribution in [3.05, 3.63) is 33.1 Å². The lowest BCUT2D eigenvalue weighted by Gasteiger charge is -2.09. The first-order valence-electron chi connectivity index (χ1n) is 5.77. The molecule has 1 fully saturated rings. The number of amides is 1. The summed E-state index contributed by atoms with van der Waals surface area (Å²) in [4.78, 5) is 12.2. The molecular weight excluding hydrogens is 346 g/mol.